The highest BCUT2D eigenvalue weighted by Gasteiger charge is 2.12. The minimum Gasteiger partial charge on any atom is -0.497 e. The van der Waals surface area contributed by atoms with E-state index in [9.17, 15) is 8.42 Å². The highest BCUT2D eigenvalue weighted by molar-refractivity contribution is 7.90. The molecule has 3 nitrogen and oxygen atoms in total. The standard InChI is InChI=1S/C8H9ClO3S/c1-12-6-3-4-7(9)8(5-6)13(2,10)11/h3-5H,1-2H3. The Labute approximate surface area is 82.2 Å². The molecule has 13 heavy (non-hydrogen) atoms. The van der Waals surface area contributed by atoms with Crippen LogP contribution in [0.3, 0.4) is 0 Å². The first-order valence-corrected chi connectivity index (χ1v) is 5.75. The topological polar surface area (TPSA) is 43.4 Å². The highest BCUT2D eigenvalue weighted by atomic mass is 35.5. The van der Waals surface area contributed by atoms with E-state index in [1.54, 1.807) is 6.07 Å². The molecule has 0 unspecified atom stereocenters. The molecule has 0 aromatic heterocycles. The summed E-state index contributed by atoms with van der Waals surface area (Å²) in [5, 5.41) is 0.211. The van der Waals surface area contributed by atoms with Crippen LogP contribution in [0.5, 0.6) is 5.75 Å². The Balaban J connectivity index is 3.36. The molecule has 0 fully saturated rings. The lowest BCUT2D eigenvalue weighted by Crippen LogP contribution is -1.98. The van der Waals surface area contributed by atoms with Crippen molar-refractivity contribution in [2.75, 3.05) is 13.4 Å². The van der Waals surface area contributed by atoms with E-state index < -0.39 is 9.84 Å². The van der Waals surface area contributed by atoms with Crippen LogP contribution in [-0.2, 0) is 9.84 Å². The Morgan fingerprint density at radius 3 is 2.46 bits per heavy atom. The fraction of sp³-hybridized carbons (Fsp3) is 0.250. The molecular weight excluding hydrogens is 212 g/mol. The number of benzene rings is 1. The third kappa shape index (κ3) is 2.35. The quantitative estimate of drug-likeness (QED) is 0.763. The maximum Gasteiger partial charge on any atom is 0.177 e. The van der Waals surface area contributed by atoms with Gasteiger partial charge in [0, 0.05) is 12.3 Å². The van der Waals surface area contributed by atoms with Crippen molar-refractivity contribution in [1.82, 2.24) is 0 Å². The van der Waals surface area contributed by atoms with E-state index in [0.717, 1.165) is 6.26 Å². The van der Waals surface area contributed by atoms with Crippen molar-refractivity contribution in [3.8, 4) is 5.75 Å². The molecule has 5 heteroatoms. The lowest BCUT2D eigenvalue weighted by molar-refractivity contribution is 0.413. The lowest BCUT2D eigenvalue weighted by Gasteiger charge is -2.04. The maximum absolute atomic E-state index is 11.2. The first-order chi connectivity index (χ1) is 5.95. The van der Waals surface area contributed by atoms with Crippen molar-refractivity contribution >= 4 is 21.4 Å². The maximum atomic E-state index is 11.2. The zero-order valence-electron chi connectivity index (χ0n) is 7.24. The molecule has 0 amide bonds. The molecule has 0 spiro atoms. The molecule has 0 heterocycles. The van der Waals surface area contributed by atoms with Gasteiger partial charge in [-0.2, -0.15) is 0 Å². The second kappa shape index (κ2) is 3.55. The summed E-state index contributed by atoms with van der Waals surface area (Å²) in [6.07, 6.45) is 1.10. The van der Waals surface area contributed by atoms with E-state index in [-0.39, 0.29) is 9.92 Å². The molecule has 0 aliphatic carbocycles. The number of sulfone groups is 1. The largest absolute Gasteiger partial charge is 0.497 e. The zero-order valence-corrected chi connectivity index (χ0v) is 8.82. The van der Waals surface area contributed by atoms with Crippen molar-refractivity contribution < 1.29 is 13.2 Å². The molecule has 0 saturated heterocycles. The van der Waals surface area contributed by atoms with Crippen LogP contribution in [-0.4, -0.2) is 21.8 Å². The van der Waals surface area contributed by atoms with E-state index in [4.69, 9.17) is 16.3 Å². The summed E-state index contributed by atoms with van der Waals surface area (Å²) in [5.41, 5.74) is 0. The normalized spacial score (nSPS) is 11.3. The monoisotopic (exact) mass is 220 g/mol. The highest BCUT2D eigenvalue weighted by Crippen LogP contribution is 2.25. The van der Waals surface area contributed by atoms with Crippen LogP contribution in [0.2, 0.25) is 5.02 Å². The van der Waals surface area contributed by atoms with Crippen LogP contribution in [0.4, 0.5) is 0 Å². The Morgan fingerprint density at radius 1 is 1.38 bits per heavy atom. The third-order valence-electron chi connectivity index (χ3n) is 1.54. The van der Waals surface area contributed by atoms with Gasteiger partial charge >= 0.3 is 0 Å². The second-order valence-corrected chi connectivity index (χ2v) is 4.96. The predicted octanol–water partition coefficient (Wildman–Crippen LogP) is 1.75. The number of hydrogen-bond donors (Lipinski definition) is 0. The fourth-order valence-corrected chi connectivity index (χ4v) is 2.19. The van der Waals surface area contributed by atoms with Crippen LogP contribution in [0.1, 0.15) is 0 Å². The molecule has 1 aromatic rings. The molecule has 72 valence electrons. The van der Waals surface area contributed by atoms with E-state index in [1.165, 1.54) is 19.2 Å². The number of halogens is 1. The zero-order chi connectivity index (χ0) is 10.1. The van der Waals surface area contributed by atoms with Crippen LogP contribution < -0.4 is 4.74 Å². The van der Waals surface area contributed by atoms with E-state index in [2.05, 4.69) is 0 Å². The molecule has 0 aliphatic rings. The Hall–Kier alpha value is -0.740. The lowest BCUT2D eigenvalue weighted by atomic mass is 10.3. The average molecular weight is 221 g/mol. The minimum atomic E-state index is -3.28. The molecule has 0 bridgehead atoms. The Kier molecular flexibility index (Phi) is 2.83. The van der Waals surface area contributed by atoms with Gasteiger partial charge in [0.25, 0.3) is 0 Å². The molecule has 0 N–H and O–H groups in total. The predicted molar refractivity (Wildman–Crippen MR) is 51.1 cm³/mol. The summed E-state index contributed by atoms with van der Waals surface area (Å²) in [4.78, 5) is 0.0912. The molecule has 1 aromatic carbocycles. The number of methoxy groups -OCH3 is 1. The molecular formula is C8H9ClO3S. The summed E-state index contributed by atoms with van der Waals surface area (Å²) in [6, 6.07) is 4.51. The summed E-state index contributed by atoms with van der Waals surface area (Å²) in [7, 11) is -1.81. The summed E-state index contributed by atoms with van der Waals surface area (Å²) in [6.45, 7) is 0. The SMILES string of the molecule is COc1ccc(Cl)c(S(C)(=O)=O)c1. The fourth-order valence-electron chi connectivity index (χ4n) is 0.895. The summed E-state index contributed by atoms with van der Waals surface area (Å²) in [5.74, 6) is 0.477. The van der Waals surface area contributed by atoms with E-state index in [0.29, 0.717) is 5.75 Å². The molecule has 0 atom stereocenters. The number of rotatable bonds is 2. The van der Waals surface area contributed by atoms with Crippen LogP contribution in [0.15, 0.2) is 23.1 Å². The van der Waals surface area contributed by atoms with Crippen LogP contribution in [0.25, 0.3) is 0 Å². The summed E-state index contributed by atoms with van der Waals surface area (Å²) >= 11 is 5.70. The van der Waals surface area contributed by atoms with Gasteiger partial charge in [0.2, 0.25) is 0 Å². The molecule has 1 rings (SSSR count). The van der Waals surface area contributed by atoms with Gasteiger partial charge in [0.1, 0.15) is 5.75 Å². The van der Waals surface area contributed by atoms with Gasteiger partial charge in [-0.25, -0.2) is 8.42 Å². The van der Waals surface area contributed by atoms with E-state index >= 15 is 0 Å². The summed E-state index contributed by atoms with van der Waals surface area (Å²) < 4.78 is 27.2. The first-order valence-electron chi connectivity index (χ1n) is 3.49. The van der Waals surface area contributed by atoms with Gasteiger partial charge in [-0.05, 0) is 12.1 Å². The van der Waals surface area contributed by atoms with Gasteiger partial charge in [-0.1, -0.05) is 11.6 Å². The van der Waals surface area contributed by atoms with Crippen molar-refractivity contribution in [3.63, 3.8) is 0 Å². The van der Waals surface area contributed by atoms with Crippen LogP contribution in [0, 0.1) is 0 Å². The first kappa shape index (κ1) is 10.3. The van der Waals surface area contributed by atoms with Crippen molar-refractivity contribution in [1.29, 1.82) is 0 Å². The van der Waals surface area contributed by atoms with Gasteiger partial charge in [-0.15, -0.1) is 0 Å². The van der Waals surface area contributed by atoms with Crippen molar-refractivity contribution in [3.05, 3.63) is 23.2 Å². The van der Waals surface area contributed by atoms with Crippen molar-refractivity contribution in [2.45, 2.75) is 4.90 Å². The number of hydrogen-bond acceptors (Lipinski definition) is 3. The van der Waals surface area contributed by atoms with Gasteiger partial charge in [-0.3, -0.25) is 0 Å². The van der Waals surface area contributed by atoms with E-state index in [1.807, 2.05) is 0 Å². The smallest absolute Gasteiger partial charge is 0.177 e. The van der Waals surface area contributed by atoms with Gasteiger partial charge in [0.15, 0.2) is 9.84 Å². The van der Waals surface area contributed by atoms with Crippen LogP contribution >= 0.6 is 11.6 Å². The van der Waals surface area contributed by atoms with Crippen molar-refractivity contribution in [2.24, 2.45) is 0 Å². The average Bonchev–Trinajstić information content (AvgIpc) is 2.03. The third-order valence-corrected chi connectivity index (χ3v) is 3.12. The Bertz CT molecular complexity index is 411. The number of ether oxygens (including phenoxy) is 1. The molecule has 0 saturated carbocycles. The van der Waals surface area contributed by atoms with Gasteiger partial charge < -0.3 is 4.74 Å². The molecule has 0 aliphatic heterocycles. The Morgan fingerprint density at radius 2 is 2.00 bits per heavy atom. The molecule has 0 radical (unpaired) electrons. The van der Waals surface area contributed by atoms with Gasteiger partial charge in [0.05, 0.1) is 17.0 Å². The second-order valence-electron chi connectivity index (χ2n) is 2.57. The minimum absolute atomic E-state index is 0.0912.